The number of halogens is 2. The molecule has 20 heavy (non-hydrogen) atoms. The first-order chi connectivity index (χ1) is 9.51. The van der Waals surface area contributed by atoms with E-state index < -0.39 is 0 Å². The minimum Gasteiger partial charge on any atom is -0.329 e. The molecule has 0 aliphatic heterocycles. The molecule has 2 aromatic rings. The van der Waals surface area contributed by atoms with E-state index in [0.29, 0.717) is 18.7 Å². The van der Waals surface area contributed by atoms with Gasteiger partial charge >= 0.3 is 0 Å². The minimum absolute atomic E-state index is 0.173. The van der Waals surface area contributed by atoms with Gasteiger partial charge in [0.2, 0.25) is 0 Å². The lowest BCUT2D eigenvalue weighted by Crippen LogP contribution is -2.30. The number of aryl methyl sites for hydroxylation is 1. The summed E-state index contributed by atoms with van der Waals surface area (Å²) < 4.78 is 16.6. The van der Waals surface area contributed by atoms with Gasteiger partial charge in [-0.2, -0.15) is 5.10 Å². The molecule has 0 saturated heterocycles. The smallest absolute Gasteiger partial charge is 0.128 e. The van der Waals surface area contributed by atoms with Gasteiger partial charge in [-0.25, -0.2) is 4.39 Å². The Balaban J connectivity index is 2.20. The van der Waals surface area contributed by atoms with Crippen molar-refractivity contribution in [3.05, 3.63) is 52.0 Å². The molecule has 0 aliphatic carbocycles. The first-order valence-electron chi connectivity index (χ1n) is 6.34. The van der Waals surface area contributed by atoms with Gasteiger partial charge in [0.05, 0.1) is 6.20 Å². The third-order valence-corrected chi connectivity index (χ3v) is 3.76. The molecule has 0 bridgehead atoms. The van der Waals surface area contributed by atoms with E-state index in [1.165, 1.54) is 6.07 Å². The van der Waals surface area contributed by atoms with Crippen LogP contribution in [0.25, 0.3) is 0 Å². The zero-order chi connectivity index (χ0) is 14.7. The second kappa shape index (κ2) is 6.47. The van der Waals surface area contributed by atoms with Gasteiger partial charge < -0.3 is 5.73 Å². The van der Waals surface area contributed by atoms with Crippen LogP contribution in [0.2, 0.25) is 0 Å². The van der Waals surface area contributed by atoms with E-state index in [-0.39, 0.29) is 11.9 Å². The topological polar surface area (TPSA) is 47.1 Å². The summed E-state index contributed by atoms with van der Waals surface area (Å²) in [5, 5.41) is 4.14. The average molecular weight is 341 g/mol. The van der Waals surface area contributed by atoms with Gasteiger partial charge in [0, 0.05) is 48.0 Å². The van der Waals surface area contributed by atoms with E-state index in [1.54, 1.807) is 23.0 Å². The maximum atomic E-state index is 14.0. The SMILES string of the molecule is CN(Cc1cnn(C)c1)C(CN)c1cc(Br)ccc1F. The van der Waals surface area contributed by atoms with Crippen molar-refractivity contribution in [3.63, 3.8) is 0 Å². The molecule has 108 valence electrons. The molecule has 2 N–H and O–H groups in total. The molecule has 0 aliphatic rings. The zero-order valence-corrected chi connectivity index (χ0v) is 13.1. The Morgan fingerprint density at radius 2 is 2.25 bits per heavy atom. The number of hydrogen-bond donors (Lipinski definition) is 1. The van der Waals surface area contributed by atoms with Crippen LogP contribution in [0, 0.1) is 5.82 Å². The molecule has 2 rings (SSSR count). The highest BCUT2D eigenvalue weighted by molar-refractivity contribution is 9.10. The summed E-state index contributed by atoms with van der Waals surface area (Å²) in [5.41, 5.74) is 7.52. The van der Waals surface area contributed by atoms with Crippen molar-refractivity contribution in [1.82, 2.24) is 14.7 Å². The van der Waals surface area contributed by atoms with Crippen LogP contribution in [0.15, 0.2) is 35.1 Å². The fraction of sp³-hybridized carbons (Fsp3) is 0.357. The molecule has 1 unspecified atom stereocenters. The zero-order valence-electron chi connectivity index (χ0n) is 11.6. The summed E-state index contributed by atoms with van der Waals surface area (Å²) >= 11 is 3.37. The second-order valence-electron chi connectivity index (χ2n) is 4.85. The van der Waals surface area contributed by atoms with Crippen molar-refractivity contribution >= 4 is 15.9 Å². The van der Waals surface area contributed by atoms with Crippen molar-refractivity contribution < 1.29 is 4.39 Å². The van der Waals surface area contributed by atoms with Gasteiger partial charge in [-0.15, -0.1) is 0 Å². The van der Waals surface area contributed by atoms with Gasteiger partial charge in [-0.3, -0.25) is 9.58 Å². The first-order valence-corrected chi connectivity index (χ1v) is 7.13. The Morgan fingerprint density at radius 1 is 1.50 bits per heavy atom. The van der Waals surface area contributed by atoms with Crippen LogP contribution in [0.4, 0.5) is 4.39 Å². The molecule has 1 heterocycles. The maximum absolute atomic E-state index is 14.0. The average Bonchev–Trinajstić information content (AvgIpc) is 2.80. The van der Waals surface area contributed by atoms with Crippen molar-refractivity contribution in [2.24, 2.45) is 12.8 Å². The number of nitrogens with zero attached hydrogens (tertiary/aromatic N) is 3. The standard InChI is InChI=1S/C14H18BrFN4/c1-19(8-10-7-18-20(2)9-10)14(6-17)12-5-11(15)3-4-13(12)16/h3-5,7,9,14H,6,8,17H2,1-2H3. The highest BCUT2D eigenvalue weighted by Gasteiger charge is 2.20. The molecular formula is C14H18BrFN4. The Hall–Kier alpha value is -1.24. The van der Waals surface area contributed by atoms with E-state index in [0.717, 1.165) is 10.0 Å². The van der Waals surface area contributed by atoms with Crippen LogP contribution in [0.1, 0.15) is 17.2 Å². The van der Waals surface area contributed by atoms with E-state index in [2.05, 4.69) is 21.0 Å². The Morgan fingerprint density at radius 3 is 2.85 bits per heavy atom. The maximum Gasteiger partial charge on any atom is 0.128 e. The number of nitrogens with two attached hydrogens (primary N) is 1. The van der Waals surface area contributed by atoms with Gasteiger partial charge in [0.1, 0.15) is 5.82 Å². The quantitative estimate of drug-likeness (QED) is 0.909. The lowest BCUT2D eigenvalue weighted by atomic mass is 10.0. The highest BCUT2D eigenvalue weighted by atomic mass is 79.9. The largest absolute Gasteiger partial charge is 0.329 e. The molecule has 1 aromatic heterocycles. The number of aromatic nitrogens is 2. The molecule has 6 heteroatoms. The lowest BCUT2D eigenvalue weighted by Gasteiger charge is -2.27. The van der Waals surface area contributed by atoms with Crippen LogP contribution < -0.4 is 5.73 Å². The summed E-state index contributed by atoms with van der Waals surface area (Å²) in [6.07, 6.45) is 3.75. The molecular weight excluding hydrogens is 323 g/mol. The van der Waals surface area contributed by atoms with Crippen molar-refractivity contribution in [3.8, 4) is 0 Å². The van der Waals surface area contributed by atoms with Crippen LogP contribution in [0.3, 0.4) is 0 Å². The molecule has 0 radical (unpaired) electrons. The third-order valence-electron chi connectivity index (χ3n) is 3.26. The van der Waals surface area contributed by atoms with Crippen LogP contribution in [-0.4, -0.2) is 28.3 Å². The minimum atomic E-state index is -0.235. The normalized spacial score (nSPS) is 12.9. The Bertz CT molecular complexity index is 584. The van der Waals surface area contributed by atoms with Crippen molar-refractivity contribution in [1.29, 1.82) is 0 Å². The third kappa shape index (κ3) is 3.45. The summed E-state index contributed by atoms with van der Waals surface area (Å²) in [7, 11) is 3.81. The van der Waals surface area contributed by atoms with Gasteiger partial charge in [0.15, 0.2) is 0 Å². The number of likely N-dealkylation sites (N-methyl/N-ethyl adjacent to an activating group) is 1. The lowest BCUT2D eigenvalue weighted by molar-refractivity contribution is 0.236. The van der Waals surface area contributed by atoms with Crippen LogP contribution >= 0.6 is 15.9 Å². The van der Waals surface area contributed by atoms with Crippen molar-refractivity contribution in [2.75, 3.05) is 13.6 Å². The molecule has 0 spiro atoms. The molecule has 0 fully saturated rings. The van der Waals surface area contributed by atoms with Crippen molar-refractivity contribution in [2.45, 2.75) is 12.6 Å². The molecule has 1 atom stereocenters. The number of hydrogen-bond acceptors (Lipinski definition) is 3. The number of rotatable bonds is 5. The Labute approximate surface area is 126 Å². The summed E-state index contributed by atoms with van der Waals surface area (Å²) in [6.45, 7) is 1.02. The highest BCUT2D eigenvalue weighted by Crippen LogP contribution is 2.26. The summed E-state index contributed by atoms with van der Waals surface area (Å²) in [6, 6.07) is 4.76. The fourth-order valence-corrected chi connectivity index (χ4v) is 2.64. The molecule has 1 aromatic carbocycles. The van der Waals surface area contributed by atoms with E-state index >= 15 is 0 Å². The monoisotopic (exact) mass is 340 g/mol. The van der Waals surface area contributed by atoms with Gasteiger partial charge in [-0.05, 0) is 25.2 Å². The van der Waals surface area contributed by atoms with Crippen LogP contribution in [-0.2, 0) is 13.6 Å². The second-order valence-corrected chi connectivity index (χ2v) is 5.77. The fourth-order valence-electron chi connectivity index (χ4n) is 2.27. The summed E-state index contributed by atoms with van der Waals surface area (Å²) in [4.78, 5) is 2.03. The molecule has 0 saturated carbocycles. The predicted octanol–water partition coefficient (Wildman–Crippen LogP) is 2.45. The first kappa shape index (κ1) is 15.2. The van der Waals surface area contributed by atoms with Gasteiger partial charge in [-0.1, -0.05) is 15.9 Å². The summed E-state index contributed by atoms with van der Waals surface area (Å²) in [5.74, 6) is -0.235. The van der Waals surface area contributed by atoms with E-state index in [4.69, 9.17) is 5.73 Å². The van der Waals surface area contributed by atoms with E-state index in [1.807, 2.05) is 25.2 Å². The van der Waals surface area contributed by atoms with Gasteiger partial charge in [0.25, 0.3) is 0 Å². The molecule has 0 amide bonds. The number of benzene rings is 1. The molecule has 4 nitrogen and oxygen atoms in total. The predicted molar refractivity (Wildman–Crippen MR) is 80.6 cm³/mol. The van der Waals surface area contributed by atoms with E-state index in [9.17, 15) is 4.39 Å². The van der Waals surface area contributed by atoms with Crippen LogP contribution in [0.5, 0.6) is 0 Å². The Kier molecular flexibility index (Phi) is 4.91.